The van der Waals surface area contributed by atoms with Gasteiger partial charge in [0.1, 0.15) is 10.8 Å². The number of benzene rings is 1. The molecule has 0 atom stereocenters. The fourth-order valence-electron chi connectivity index (χ4n) is 1.47. The van der Waals surface area contributed by atoms with Gasteiger partial charge < -0.3 is 10.1 Å². The van der Waals surface area contributed by atoms with Crippen molar-refractivity contribution in [2.75, 3.05) is 12.4 Å². The molecule has 0 spiro atoms. The summed E-state index contributed by atoms with van der Waals surface area (Å²) in [6.07, 6.45) is 0.924. The highest BCUT2D eigenvalue weighted by Gasteiger charge is 2.04. The second-order valence-corrected chi connectivity index (χ2v) is 5.59. The minimum atomic E-state index is 0.723. The third kappa shape index (κ3) is 3.20. The summed E-state index contributed by atoms with van der Waals surface area (Å²) in [7, 11) is 1.66. The predicted molar refractivity (Wildman–Crippen MR) is 77.3 cm³/mol. The van der Waals surface area contributed by atoms with Crippen LogP contribution < -0.4 is 10.1 Å². The molecule has 0 aliphatic carbocycles. The van der Waals surface area contributed by atoms with Crippen LogP contribution >= 0.6 is 27.3 Å². The van der Waals surface area contributed by atoms with Crippen molar-refractivity contribution in [2.45, 2.75) is 19.9 Å². The molecule has 0 saturated heterocycles. The molecule has 1 N–H and O–H groups in total. The van der Waals surface area contributed by atoms with E-state index in [9.17, 15) is 0 Å². The van der Waals surface area contributed by atoms with Gasteiger partial charge in [-0.05, 0) is 40.0 Å². The van der Waals surface area contributed by atoms with E-state index in [0.29, 0.717) is 0 Å². The van der Waals surface area contributed by atoms with E-state index in [2.05, 4.69) is 38.4 Å². The van der Waals surface area contributed by atoms with Crippen LogP contribution in [0.4, 0.5) is 5.13 Å². The third-order valence-corrected chi connectivity index (χ3v) is 4.07. The zero-order chi connectivity index (χ0) is 13.0. The third-order valence-electron chi connectivity index (χ3n) is 2.43. The summed E-state index contributed by atoms with van der Waals surface area (Å²) in [6.45, 7) is 2.80. The first kappa shape index (κ1) is 13.3. The van der Waals surface area contributed by atoms with Crippen molar-refractivity contribution in [1.82, 2.24) is 10.2 Å². The van der Waals surface area contributed by atoms with Crippen LogP contribution in [0.25, 0.3) is 0 Å². The number of ether oxygens (including phenoxy) is 1. The lowest BCUT2D eigenvalue weighted by Crippen LogP contribution is -1.99. The lowest BCUT2D eigenvalue weighted by atomic mass is 10.2. The topological polar surface area (TPSA) is 47.0 Å². The van der Waals surface area contributed by atoms with Gasteiger partial charge in [0.2, 0.25) is 5.13 Å². The molecule has 1 aromatic carbocycles. The average molecular weight is 328 g/mol. The van der Waals surface area contributed by atoms with E-state index < -0.39 is 0 Å². The first-order valence-electron chi connectivity index (χ1n) is 5.61. The van der Waals surface area contributed by atoms with Crippen LogP contribution in [0.2, 0.25) is 0 Å². The van der Waals surface area contributed by atoms with Gasteiger partial charge in [-0.25, -0.2) is 0 Å². The van der Waals surface area contributed by atoms with Gasteiger partial charge in [0.05, 0.1) is 11.6 Å². The lowest BCUT2D eigenvalue weighted by molar-refractivity contribution is 0.412. The lowest BCUT2D eigenvalue weighted by Gasteiger charge is -2.06. The molecule has 0 amide bonds. The highest BCUT2D eigenvalue weighted by Crippen LogP contribution is 2.26. The number of halogens is 1. The van der Waals surface area contributed by atoms with Crippen LogP contribution in [-0.2, 0) is 13.0 Å². The van der Waals surface area contributed by atoms with Crippen molar-refractivity contribution in [3.63, 3.8) is 0 Å². The second-order valence-electron chi connectivity index (χ2n) is 3.68. The molecule has 2 aromatic rings. The van der Waals surface area contributed by atoms with Gasteiger partial charge in [-0.1, -0.05) is 24.3 Å². The summed E-state index contributed by atoms with van der Waals surface area (Å²) in [5.74, 6) is 0.836. The van der Waals surface area contributed by atoms with E-state index in [-0.39, 0.29) is 0 Å². The molecule has 0 aliphatic heterocycles. The highest BCUT2D eigenvalue weighted by molar-refractivity contribution is 9.10. The maximum Gasteiger partial charge on any atom is 0.205 e. The van der Waals surface area contributed by atoms with Crippen LogP contribution in [0, 0.1) is 0 Å². The fraction of sp³-hybridized carbons (Fsp3) is 0.333. The van der Waals surface area contributed by atoms with Crippen molar-refractivity contribution in [3.05, 3.63) is 33.2 Å². The maximum absolute atomic E-state index is 5.19. The van der Waals surface area contributed by atoms with Gasteiger partial charge in [-0.3, -0.25) is 0 Å². The van der Waals surface area contributed by atoms with Gasteiger partial charge >= 0.3 is 0 Å². The Morgan fingerprint density at radius 2 is 2.22 bits per heavy atom. The Morgan fingerprint density at radius 3 is 2.83 bits per heavy atom. The summed E-state index contributed by atoms with van der Waals surface area (Å²) in [4.78, 5) is 0. The van der Waals surface area contributed by atoms with Gasteiger partial charge in [-0.2, -0.15) is 0 Å². The van der Waals surface area contributed by atoms with Crippen molar-refractivity contribution >= 4 is 32.4 Å². The summed E-state index contributed by atoms with van der Waals surface area (Å²) in [6, 6.07) is 6.00. The number of nitrogens with zero attached hydrogens (tertiary/aromatic N) is 2. The summed E-state index contributed by atoms with van der Waals surface area (Å²) >= 11 is 5.06. The maximum atomic E-state index is 5.19. The molecule has 2 rings (SSSR count). The van der Waals surface area contributed by atoms with Gasteiger partial charge in [-0.15, -0.1) is 10.2 Å². The number of rotatable bonds is 5. The van der Waals surface area contributed by atoms with Crippen LogP contribution in [0.1, 0.15) is 17.5 Å². The van der Waals surface area contributed by atoms with Gasteiger partial charge in [0, 0.05) is 6.54 Å². The Kier molecular flexibility index (Phi) is 4.54. The van der Waals surface area contributed by atoms with Crippen LogP contribution in [0.15, 0.2) is 22.7 Å². The molecular weight excluding hydrogens is 314 g/mol. The molecule has 4 nitrogen and oxygen atoms in total. The first-order chi connectivity index (χ1) is 8.72. The fourth-order valence-corrected chi connectivity index (χ4v) is 2.73. The van der Waals surface area contributed by atoms with E-state index in [4.69, 9.17) is 4.74 Å². The minimum absolute atomic E-state index is 0.723. The molecule has 0 aliphatic rings. The standard InChI is InChI=1S/C12H14BrN3OS/c1-3-11-15-16-12(18-11)14-7-8-4-5-10(17-2)9(13)6-8/h4-6H,3,7H2,1-2H3,(H,14,16). The highest BCUT2D eigenvalue weighted by atomic mass is 79.9. The molecule has 1 heterocycles. The Morgan fingerprint density at radius 1 is 1.39 bits per heavy atom. The first-order valence-corrected chi connectivity index (χ1v) is 7.22. The number of hydrogen-bond acceptors (Lipinski definition) is 5. The largest absolute Gasteiger partial charge is 0.496 e. The number of nitrogens with one attached hydrogen (secondary N) is 1. The number of aromatic nitrogens is 2. The van der Waals surface area contributed by atoms with Crippen LogP contribution in [0.3, 0.4) is 0 Å². The van der Waals surface area contributed by atoms with Crippen LogP contribution in [0.5, 0.6) is 5.75 Å². The number of anilines is 1. The number of methoxy groups -OCH3 is 1. The van der Waals surface area contributed by atoms with Gasteiger partial charge in [0.15, 0.2) is 0 Å². The van der Waals surface area contributed by atoms with Crippen molar-refractivity contribution < 1.29 is 4.74 Å². The Hall–Kier alpha value is -1.14. The molecule has 0 unspecified atom stereocenters. The smallest absolute Gasteiger partial charge is 0.205 e. The number of aryl methyl sites for hydroxylation is 1. The molecule has 0 saturated carbocycles. The number of hydrogen-bond donors (Lipinski definition) is 1. The zero-order valence-corrected chi connectivity index (χ0v) is 12.6. The molecule has 0 radical (unpaired) electrons. The minimum Gasteiger partial charge on any atom is -0.496 e. The summed E-state index contributed by atoms with van der Waals surface area (Å²) in [5, 5.41) is 13.3. The Bertz CT molecular complexity index is 530. The monoisotopic (exact) mass is 327 g/mol. The van der Waals surface area contributed by atoms with E-state index in [1.54, 1.807) is 18.4 Å². The van der Waals surface area contributed by atoms with Crippen molar-refractivity contribution in [1.29, 1.82) is 0 Å². The van der Waals surface area contributed by atoms with E-state index in [1.165, 1.54) is 0 Å². The van der Waals surface area contributed by atoms with Crippen molar-refractivity contribution in [2.24, 2.45) is 0 Å². The molecule has 0 bridgehead atoms. The van der Waals surface area contributed by atoms with E-state index >= 15 is 0 Å². The average Bonchev–Trinajstić information content (AvgIpc) is 2.84. The van der Waals surface area contributed by atoms with Crippen LogP contribution in [-0.4, -0.2) is 17.3 Å². The molecule has 0 fully saturated rings. The van der Waals surface area contributed by atoms with Gasteiger partial charge in [0.25, 0.3) is 0 Å². The van der Waals surface area contributed by atoms with Crippen molar-refractivity contribution in [3.8, 4) is 5.75 Å². The quantitative estimate of drug-likeness (QED) is 0.913. The predicted octanol–water partition coefficient (Wildman–Crippen LogP) is 3.48. The summed E-state index contributed by atoms with van der Waals surface area (Å²) < 4.78 is 6.15. The zero-order valence-electron chi connectivity index (χ0n) is 10.2. The normalized spacial score (nSPS) is 10.4. The molecular formula is C12H14BrN3OS. The molecule has 1 aromatic heterocycles. The molecule has 18 heavy (non-hydrogen) atoms. The second kappa shape index (κ2) is 6.15. The molecule has 96 valence electrons. The van der Waals surface area contributed by atoms with E-state index in [1.807, 2.05) is 18.2 Å². The SMILES string of the molecule is CCc1nnc(NCc2ccc(OC)c(Br)c2)s1. The van der Waals surface area contributed by atoms with E-state index in [0.717, 1.165) is 38.9 Å². The Labute approximate surface area is 119 Å². The molecule has 6 heteroatoms. The Balaban J connectivity index is 1.99. The summed E-state index contributed by atoms with van der Waals surface area (Å²) in [5.41, 5.74) is 1.16.